The molecule has 0 spiro atoms. The maximum Gasteiger partial charge on any atom is 0.287 e. The van der Waals surface area contributed by atoms with E-state index in [1.54, 1.807) is 12.1 Å². The number of para-hydroxylation sites is 1. The van der Waals surface area contributed by atoms with Gasteiger partial charge < -0.3 is 15.5 Å². The fourth-order valence-corrected chi connectivity index (χ4v) is 2.26. The van der Waals surface area contributed by atoms with Gasteiger partial charge in [0.1, 0.15) is 11.1 Å². The molecule has 0 atom stereocenters. The second-order valence-electron chi connectivity index (χ2n) is 5.59. The first-order valence-corrected chi connectivity index (χ1v) is 7.22. The fourth-order valence-electron chi connectivity index (χ4n) is 2.26. The van der Waals surface area contributed by atoms with Crippen LogP contribution in [0.4, 0.5) is 0 Å². The van der Waals surface area contributed by atoms with Gasteiger partial charge in [-0.15, -0.1) is 0 Å². The summed E-state index contributed by atoms with van der Waals surface area (Å²) < 4.78 is 5.47. The maximum absolute atomic E-state index is 12.1. The lowest BCUT2D eigenvalue weighted by molar-refractivity contribution is 0.0931. The number of carbonyl (C=O) groups excluding carboxylic acids is 1. The Hall–Kier alpha value is -2.98. The van der Waals surface area contributed by atoms with Crippen LogP contribution in [0.3, 0.4) is 0 Å². The van der Waals surface area contributed by atoms with E-state index in [9.17, 15) is 4.79 Å². The van der Waals surface area contributed by atoms with Gasteiger partial charge in [-0.3, -0.25) is 9.80 Å². The monoisotopic (exact) mass is 311 g/mol. The molecule has 0 unspecified atom stereocenters. The number of hydrazine groups is 1. The van der Waals surface area contributed by atoms with E-state index in [2.05, 4.69) is 11.4 Å². The molecule has 0 saturated heterocycles. The molecule has 1 fully saturated rings. The van der Waals surface area contributed by atoms with Crippen LogP contribution in [0.1, 0.15) is 23.4 Å². The second-order valence-corrected chi connectivity index (χ2v) is 5.59. The fraction of sp³-hybridized carbons (Fsp3) is 0.250. The van der Waals surface area contributed by atoms with E-state index in [4.69, 9.17) is 21.3 Å². The first-order valence-electron chi connectivity index (χ1n) is 7.22. The van der Waals surface area contributed by atoms with Crippen LogP contribution < -0.4 is 16.9 Å². The summed E-state index contributed by atoms with van der Waals surface area (Å²) >= 11 is 0. The van der Waals surface area contributed by atoms with Crippen molar-refractivity contribution in [2.45, 2.75) is 18.4 Å². The lowest BCUT2D eigenvalue weighted by Gasteiger charge is -2.19. The second kappa shape index (κ2) is 5.66. The lowest BCUT2D eigenvalue weighted by Crippen LogP contribution is -2.39. The Bertz CT molecular complexity index is 780. The van der Waals surface area contributed by atoms with Crippen molar-refractivity contribution in [3.05, 3.63) is 48.0 Å². The van der Waals surface area contributed by atoms with E-state index >= 15 is 0 Å². The van der Waals surface area contributed by atoms with E-state index in [1.165, 1.54) is 11.2 Å². The summed E-state index contributed by atoms with van der Waals surface area (Å²) in [6.07, 6.45) is 2.92. The van der Waals surface area contributed by atoms with Crippen molar-refractivity contribution >= 4 is 16.9 Å². The first kappa shape index (κ1) is 14.9. The Labute approximate surface area is 133 Å². The summed E-state index contributed by atoms with van der Waals surface area (Å²) in [7, 11) is 0. The maximum atomic E-state index is 12.1. The van der Waals surface area contributed by atoms with Crippen LogP contribution >= 0.6 is 0 Å². The van der Waals surface area contributed by atoms with Crippen molar-refractivity contribution in [3.63, 3.8) is 0 Å². The highest BCUT2D eigenvalue weighted by molar-refractivity contribution is 5.96. The zero-order valence-electron chi connectivity index (χ0n) is 12.5. The van der Waals surface area contributed by atoms with Crippen molar-refractivity contribution in [1.29, 1.82) is 5.26 Å². The molecule has 3 rings (SSSR count). The van der Waals surface area contributed by atoms with Crippen molar-refractivity contribution < 1.29 is 9.21 Å². The van der Waals surface area contributed by atoms with Gasteiger partial charge in [0.15, 0.2) is 5.76 Å². The highest BCUT2D eigenvalue weighted by Crippen LogP contribution is 2.39. The van der Waals surface area contributed by atoms with Gasteiger partial charge in [-0.1, -0.05) is 18.2 Å². The van der Waals surface area contributed by atoms with E-state index < -0.39 is 5.54 Å². The van der Waals surface area contributed by atoms with Crippen LogP contribution in [0.2, 0.25) is 0 Å². The summed E-state index contributed by atoms with van der Waals surface area (Å²) in [4.78, 5) is 12.1. The molecule has 0 bridgehead atoms. The van der Waals surface area contributed by atoms with Crippen LogP contribution in [-0.4, -0.2) is 23.0 Å². The average molecular weight is 311 g/mol. The molecular formula is C16H17N5O2. The number of carbonyl (C=O) groups is 1. The van der Waals surface area contributed by atoms with Crippen molar-refractivity contribution in [2.24, 2.45) is 11.6 Å². The number of rotatable bonds is 5. The number of nitrogens with one attached hydrogen (secondary N) is 1. The van der Waals surface area contributed by atoms with Crippen LogP contribution in [-0.2, 0) is 0 Å². The summed E-state index contributed by atoms with van der Waals surface area (Å²) in [6.45, 7) is 0.116. The van der Waals surface area contributed by atoms with E-state index in [1.807, 2.05) is 18.2 Å². The molecule has 1 amide bonds. The topological polar surface area (TPSA) is 121 Å². The Morgan fingerprint density at radius 1 is 1.48 bits per heavy atom. The number of amides is 1. The number of hydrogen-bond donors (Lipinski definition) is 3. The Morgan fingerprint density at radius 2 is 2.22 bits per heavy atom. The largest absolute Gasteiger partial charge is 0.451 e. The van der Waals surface area contributed by atoms with Crippen LogP contribution in [0.15, 0.2) is 46.6 Å². The van der Waals surface area contributed by atoms with Crippen molar-refractivity contribution in [3.8, 4) is 6.07 Å². The van der Waals surface area contributed by atoms with Crippen LogP contribution in [0.25, 0.3) is 11.0 Å². The summed E-state index contributed by atoms with van der Waals surface area (Å²) in [5.41, 5.74) is 6.21. The zero-order valence-corrected chi connectivity index (χ0v) is 12.5. The molecule has 118 valence electrons. The van der Waals surface area contributed by atoms with Gasteiger partial charge >= 0.3 is 0 Å². The molecule has 2 aromatic rings. The molecule has 0 aliphatic heterocycles. The third-order valence-corrected chi connectivity index (χ3v) is 3.83. The van der Waals surface area contributed by atoms with Crippen LogP contribution in [0.5, 0.6) is 0 Å². The molecule has 5 N–H and O–H groups in total. The normalized spacial score (nSPS) is 15.9. The van der Waals surface area contributed by atoms with Gasteiger partial charge in [-0.2, -0.15) is 5.26 Å². The molecule has 1 aromatic carbocycles. The van der Waals surface area contributed by atoms with E-state index in [-0.39, 0.29) is 18.2 Å². The molecule has 0 radical (unpaired) electrons. The minimum absolute atomic E-state index is 0.116. The number of hydrogen-bond acceptors (Lipinski definition) is 6. The third kappa shape index (κ3) is 2.98. The van der Waals surface area contributed by atoms with Gasteiger partial charge in [-0.25, -0.2) is 5.84 Å². The first-order chi connectivity index (χ1) is 11.0. The summed E-state index contributed by atoms with van der Waals surface area (Å²) in [5.74, 6) is 5.68. The highest BCUT2D eigenvalue weighted by atomic mass is 16.3. The van der Waals surface area contributed by atoms with Gasteiger partial charge in [-0.05, 0) is 25.0 Å². The molecule has 7 heteroatoms. The Kier molecular flexibility index (Phi) is 3.68. The van der Waals surface area contributed by atoms with Gasteiger partial charge in [0.05, 0.1) is 12.6 Å². The molecule has 1 saturated carbocycles. The lowest BCUT2D eigenvalue weighted by atomic mass is 10.2. The highest BCUT2D eigenvalue weighted by Gasteiger charge is 2.47. The van der Waals surface area contributed by atoms with Gasteiger partial charge in [0.2, 0.25) is 0 Å². The number of fused-ring (bicyclic) bond motifs is 1. The summed E-state index contributed by atoms with van der Waals surface area (Å²) in [5, 5.41) is 13.9. The number of nitrogens with two attached hydrogens (primary N) is 2. The standard InChI is InChI=1S/C16H17N5O2/c17-10-16(5-6-16)21(19)9-12(18)8-20-15(22)14-7-11-3-1-2-4-13(11)23-14/h1-4,7,9H,5-6,8,18-19H2,(H,20,22)/b12-9-. The predicted molar refractivity (Wildman–Crippen MR) is 84.4 cm³/mol. The third-order valence-electron chi connectivity index (χ3n) is 3.83. The van der Waals surface area contributed by atoms with E-state index in [0.717, 1.165) is 18.2 Å². The number of furan rings is 1. The summed E-state index contributed by atoms with van der Waals surface area (Å²) in [6, 6.07) is 11.2. The number of nitrogens with zero attached hydrogens (tertiary/aromatic N) is 2. The van der Waals surface area contributed by atoms with Crippen LogP contribution in [0, 0.1) is 11.3 Å². The quantitative estimate of drug-likeness (QED) is 0.563. The average Bonchev–Trinajstić information content (AvgIpc) is 3.24. The van der Waals surface area contributed by atoms with Gasteiger partial charge in [0.25, 0.3) is 5.91 Å². The molecule has 7 nitrogen and oxygen atoms in total. The van der Waals surface area contributed by atoms with Crippen molar-refractivity contribution in [2.75, 3.05) is 6.54 Å². The molecule has 1 aromatic heterocycles. The van der Waals surface area contributed by atoms with E-state index in [0.29, 0.717) is 11.3 Å². The zero-order chi connectivity index (χ0) is 16.4. The smallest absolute Gasteiger partial charge is 0.287 e. The molecule has 1 aliphatic carbocycles. The van der Waals surface area contributed by atoms with Gasteiger partial charge in [0, 0.05) is 17.3 Å². The number of nitriles is 1. The molecule has 23 heavy (non-hydrogen) atoms. The number of benzene rings is 1. The molecule has 1 aliphatic rings. The minimum Gasteiger partial charge on any atom is -0.451 e. The van der Waals surface area contributed by atoms with Crippen molar-refractivity contribution in [1.82, 2.24) is 10.3 Å². The Balaban J connectivity index is 1.61. The molecular weight excluding hydrogens is 294 g/mol. The Morgan fingerprint density at radius 3 is 2.87 bits per heavy atom. The SMILES string of the molecule is N#CC1(N(N)/C=C(\N)CNC(=O)c2cc3ccccc3o2)CC1. The molecule has 1 heterocycles. The predicted octanol–water partition coefficient (Wildman–Crippen LogP) is 1.19. The minimum atomic E-state index is -0.645.